The van der Waals surface area contributed by atoms with E-state index in [1.165, 1.54) is 6.21 Å². The van der Waals surface area contributed by atoms with Crippen LogP contribution in [0.15, 0.2) is 76.3 Å². The molecule has 3 aromatic carbocycles. The first-order chi connectivity index (χ1) is 17.0. The van der Waals surface area contributed by atoms with E-state index in [4.69, 9.17) is 9.47 Å². The Balaban J connectivity index is 1.22. The maximum atomic E-state index is 12.9. The van der Waals surface area contributed by atoms with Crippen LogP contribution in [0.2, 0.25) is 0 Å². The molecule has 2 amide bonds. The fraction of sp³-hybridized carbons (Fsp3) is 0.250. The predicted molar refractivity (Wildman–Crippen MR) is 136 cm³/mol. The Morgan fingerprint density at radius 1 is 1.03 bits per heavy atom. The van der Waals surface area contributed by atoms with Crippen molar-refractivity contribution in [2.75, 3.05) is 7.11 Å². The standard InChI is InChI=1S/C28H23BrN2O4/c1-34-23-12-16(14-30-31-27(32)24-18-9-10-19(13-18)25(24)28(31)33)11-22(29)26(23)35-15-20-7-4-6-17-5-2-3-8-21(17)20/h2-12,14,18-19,24-25H,13,15H2,1H3/t18-,19-,24-,25+/m0/s1. The van der Waals surface area contributed by atoms with E-state index >= 15 is 0 Å². The molecule has 35 heavy (non-hydrogen) atoms. The number of hydrazone groups is 1. The molecule has 4 atom stereocenters. The lowest BCUT2D eigenvalue weighted by Gasteiger charge is -2.15. The third-order valence-corrected chi connectivity index (χ3v) is 7.86. The molecule has 0 spiro atoms. The molecule has 0 unspecified atom stereocenters. The Bertz CT molecular complexity index is 1380. The van der Waals surface area contributed by atoms with Gasteiger partial charge in [0.2, 0.25) is 0 Å². The molecule has 1 saturated carbocycles. The van der Waals surface area contributed by atoms with E-state index in [1.54, 1.807) is 13.2 Å². The Morgan fingerprint density at radius 3 is 2.49 bits per heavy atom. The van der Waals surface area contributed by atoms with E-state index in [0.29, 0.717) is 28.1 Å². The van der Waals surface area contributed by atoms with Gasteiger partial charge in [0, 0.05) is 0 Å². The normalized spacial score (nSPS) is 24.7. The second kappa shape index (κ2) is 8.64. The number of ether oxygens (including phenoxy) is 2. The molecule has 0 radical (unpaired) electrons. The average Bonchev–Trinajstić information content (AvgIpc) is 3.56. The molecule has 3 aliphatic rings. The zero-order chi connectivity index (χ0) is 24.1. The first-order valence-electron chi connectivity index (χ1n) is 11.6. The fourth-order valence-electron chi connectivity index (χ4n) is 5.65. The van der Waals surface area contributed by atoms with E-state index in [-0.39, 0.29) is 35.5 Å². The van der Waals surface area contributed by atoms with Crippen molar-refractivity contribution in [1.82, 2.24) is 5.01 Å². The summed E-state index contributed by atoms with van der Waals surface area (Å²) >= 11 is 3.58. The summed E-state index contributed by atoms with van der Waals surface area (Å²) in [5.74, 6) is 0.496. The highest BCUT2D eigenvalue weighted by Crippen LogP contribution is 2.52. The van der Waals surface area contributed by atoms with Crippen molar-refractivity contribution in [2.24, 2.45) is 28.8 Å². The number of methoxy groups -OCH3 is 1. The van der Waals surface area contributed by atoms with Crippen molar-refractivity contribution in [1.29, 1.82) is 0 Å². The van der Waals surface area contributed by atoms with E-state index in [0.717, 1.165) is 27.8 Å². The molecular weight excluding hydrogens is 508 g/mol. The molecule has 0 aromatic heterocycles. The van der Waals surface area contributed by atoms with Crippen LogP contribution in [0, 0.1) is 23.7 Å². The maximum Gasteiger partial charge on any atom is 0.254 e. The highest BCUT2D eigenvalue weighted by Gasteiger charge is 2.59. The van der Waals surface area contributed by atoms with Gasteiger partial charge in [-0.1, -0.05) is 54.6 Å². The van der Waals surface area contributed by atoms with Crippen molar-refractivity contribution >= 4 is 44.7 Å². The second-order valence-electron chi connectivity index (χ2n) is 9.19. The van der Waals surface area contributed by atoms with E-state index in [1.807, 2.05) is 30.3 Å². The number of imide groups is 1. The van der Waals surface area contributed by atoms with Gasteiger partial charge < -0.3 is 9.47 Å². The lowest BCUT2D eigenvalue weighted by molar-refractivity contribution is -0.140. The van der Waals surface area contributed by atoms with Gasteiger partial charge in [-0.2, -0.15) is 10.1 Å². The molecule has 1 aliphatic heterocycles. The van der Waals surface area contributed by atoms with Crippen LogP contribution < -0.4 is 9.47 Å². The molecule has 6 rings (SSSR count). The third-order valence-electron chi connectivity index (χ3n) is 7.27. The van der Waals surface area contributed by atoms with Crippen LogP contribution in [0.5, 0.6) is 11.5 Å². The number of allylic oxidation sites excluding steroid dienone is 2. The Labute approximate surface area is 211 Å². The molecule has 3 aromatic rings. The number of carbonyl (C=O) groups is 2. The van der Waals surface area contributed by atoms with Crippen LogP contribution in [-0.2, 0) is 16.2 Å². The minimum Gasteiger partial charge on any atom is -0.493 e. The summed E-state index contributed by atoms with van der Waals surface area (Å²) in [5, 5.41) is 7.62. The summed E-state index contributed by atoms with van der Waals surface area (Å²) < 4.78 is 12.4. The van der Waals surface area contributed by atoms with Gasteiger partial charge >= 0.3 is 0 Å². The van der Waals surface area contributed by atoms with Gasteiger partial charge in [0.25, 0.3) is 11.8 Å². The third kappa shape index (κ3) is 3.65. The minimum absolute atomic E-state index is 0.161. The Morgan fingerprint density at radius 2 is 1.74 bits per heavy atom. The van der Waals surface area contributed by atoms with Crippen molar-refractivity contribution in [3.8, 4) is 11.5 Å². The first kappa shape index (κ1) is 22.0. The molecule has 2 bridgehead atoms. The molecule has 0 N–H and O–H groups in total. The number of benzene rings is 3. The molecule has 2 aliphatic carbocycles. The monoisotopic (exact) mass is 530 g/mol. The number of fused-ring (bicyclic) bond motifs is 6. The van der Waals surface area contributed by atoms with Crippen LogP contribution in [-0.4, -0.2) is 30.1 Å². The summed E-state index contributed by atoms with van der Waals surface area (Å²) in [4.78, 5) is 25.7. The summed E-state index contributed by atoms with van der Waals surface area (Å²) in [7, 11) is 1.57. The molecule has 1 heterocycles. The largest absolute Gasteiger partial charge is 0.493 e. The first-order valence-corrected chi connectivity index (χ1v) is 12.4. The van der Waals surface area contributed by atoms with Crippen LogP contribution in [0.25, 0.3) is 10.8 Å². The number of hydrogen-bond acceptors (Lipinski definition) is 5. The smallest absolute Gasteiger partial charge is 0.254 e. The zero-order valence-electron chi connectivity index (χ0n) is 19.1. The number of amides is 2. The van der Waals surface area contributed by atoms with Crippen molar-refractivity contribution in [3.05, 3.63) is 82.3 Å². The van der Waals surface area contributed by atoms with Gasteiger partial charge in [-0.05, 0) is 68.2 Å². The van der Waals surface area contributed by atoms with Gasteiger partial charge in [-0.25, -0.2) is 0 Å². The summed E-state index contributed by atoms with van der Waals surface area (Å²) in [6, 6.07) is 17.9. The number of rotatable bonds is 6. The lowest BCUT2D eigenvalue weighted by atomic mass is 9.85. The predicted octanol–water partition coefficient (Wildman–Crippen LogP) is 5.33. The highest BCUT2D eigenvalue weighted by molar-refractivity contribution is 9.10. The summed E-state index contributed by atoms with van der Waals surface area (Å²) in [6.45, 7) is 0.375. The lowest BCUT2D eigenvalue weighted by Crippen LogP contribution is -2.28. The molecule has 2 fully saturated rings. The van der Waals surface area contributed by atoms with Crippen LogP contribution in [0.4, 0.5) is 0 Å². The average molecular weight is 531 g/mol. The van der Waals surface area contributed by atoms with E-state index < -0.39 is 0 Å². The second-order valence-corrected chi connectivity index (χ2v) is 10.0. The SMILES string of the molecule is COc1cc(C=NN2C(=O)[C@@H]3[C@H](C2=O)[C@H]2C=C[C@H]3C2)cc(Br)c1OCc1cccc2ccccc12. The van der Waals surface area contributed by atoms with Crippen LogP contribution in [0.1, 0.15) is 17.5 Å². The van der Waals surface area contributed by atoms with Crippen molar-refractivity contribution in [2.45, 2.75) is 13.0 Å². The number of halogens is 1. The summed E-state index contributed by atoms with van der Waals surface area (Å²) in [6.07, 6.45) is 6.56. The fourth-order valence-corrected chi connectivity index (χ4v) is 6.22. The molecule has 6 nitrogen and oxygen atoms in total. The van der Waals surface area contributed by atoms with Crippen LogP contribution in [0.3, 0.4) is 0 Å². The Kier molecular flexibility index (Phi) is 5.44. The highest BCUT2D eigenvalue weighted by atomic mass is 79.9. The van der Waals surface area contributed by atoms with Gasteiger partial charge in [0.05, 0.1) is 29.6 Å². The number of carbonyl (C=O) groups excluding carboxylic acids is 2. The van der Waals surface area contributed by atoms with E-state index in [9.17, 15) is 9.59 Å². The number of nitrogens with zero attached hydrogens (tertiary/aromatic N) is 2. The van der Waals surface area contributed by atoms with E-state index in [2.05, 4.69) is 51.4 Å². The molecule has 7 heteroatoms. The van der Waals surface area contributed by atoms with Crippen molar-refractivity contribution < 1.29 is 19.1 Å². The van der Waals surface area contributed by atoms with Gasteiger partial charge in [0.15, 0.2) is 11.5 Å². The zero-order valence-corrected chi connectivity index (χ0v) is 20.6. The van der Waals surface area contributed by atoms with Gasteiger partial charge in [0.1, 0.15) is 6.61 Å². The topological polar surface area (TPSA) is 68.2 Å². The van der Waals surface area contributed by atoms with Gasteiger partial charge in [-0.3, -0.25) is 9.59 Å². The quantitative estimate of drug-likeness (QED) is 0.245. The molecule has 176 valence electrons. The molecule has 1 saturated heterocycles. The van der Waals surface area contributed by atoms with Crippen molar-refractivity contribution in [3.63, 3.8) is 0 Å². The van der Waals surface area contributed by atoms with Crippen LogP contribution >= 0.6 is 15.9 Å². The van der Waals surface area contributed by atoms with Gasteiger partial charge in [-0.15, -0.1) is 0 Å². The molecular formula is C28H23BrN2O4. The maximum absolute atomic E-state index is 12.9. The summed E-state index contributed by atoms with van der Waals surface area (Å²) in [5.41, 5.74) is 1.76. The number of hydrogen-bond donors (Lipinski definition) is 0. The minimum atomic E-state index is -0.263. The Hall–Kier alpha value is -3.45.